The average Bonchev–Trinajstić information content (AvgIpc) is 2.62. The van der Waals surface area contributed by atoms with Crippen molar-refractivity contribution in [3.63, 3.8) is 0 Å². The van der Waals surface area contributed by atoms with E-state index in [2.05, 4.69) is 40.7 Å². The summed E-state index contributed by atoms with van der Waals surface area (Å²) >= 11 is 0. The van der Waals surface area contributed by atoms with Gasteiger partial charge in [-0.05, 0) is 50.3 Å². The summed E-state index contributed by atoms with van der Waals surface area (Å²) in [5.74, 6) is 0.316. The fraction of sp³-hybridized carbons (Fsp3) is 0.650. The summed E-state index contributed by atoms with van der Waals surface area (Å²) < 4.78 is 0. The number of nitrogens with zero attached hydrogens (tertiary/aromatic N) is 1. The van der Waals surface area contributed by atoms with E-state index in [1.165, 1.54) is 11.1 Å². The van der Waals surface area contributed by atoms with Crippen LogP contribution in [-0.4, -0.2) is 47.7 Å². The predicted octanol–water partition coefficient (Wildman–Crippen LogP) is 1.65. The van der Waals surface area contributed by atoms with E-state index in [1.54, 1.807) is 0 Å². The van der Waals surface area contributed by atoms with Gasteiger partial charge in [-0.3, -0.25) is 9.69 Å². The molecule has 2 saturated heterocycles. The van der Waals surface area contributed by atoms with Crippen molar-refractivity contribution in [2.45, 2.75) is 57.8 Å². The predicted molar refractivity (Wildman–Crippen MR) is 99.0 cm³/mol. The third-order valence-electron chi connectivity index (χ3n) is 5.52. The molecule has 25 heavy (non-hydrogen) atoms. The molecule has 0 aliphatic carbocycles. The minimum Gasteiger partial charge on any atom is -0.393 e. The van der Waals surface area contributed by atoms with Gasteiger partial charge in [0.1, 0.15) is 0 Å². The zero-order valence-corrected chi connectivity index (χ0v) is 15.2. The number of hydrogen-bond acceptors (Lipinski definition) is 4. The number of carbonyl (C=O) groups is 1. The maximum absolute atomic E-state index is 12.5. The number of aliphatic hydroxyl groups is 1. The van der Waals surface area contributed by atoms with Crippen LogP contribution in [0.4, 0.5) is 0 Å². The normalized spacial score (nSPS) is 25.7. The van der Waals surface area contributed by atoms with Gasteiger partial charge < -0.3 is 15.7 Å². The first-order valence-corrected chi connectivity index (χ1v) is 9.60. The Kier molecular flexibility index (Phi) is 6.45. The Hall–Kier alpha value is -1.43. The summed E-state index contributed by atoms with van der Waals surface area (Å²) in [4.78, 5) is 14.9. The smallest absolute Gasteiger partial charge is 0.223 e. The van der Waals surface area contributed by atoms with Crippen molar-refractivity contribution >= 4 is 5.91 Å². The number of amides is 1. The summed E-state index contributed by atoms with van der Waals surface area (Å²) in [6.45, 7) is 6.44. The van der Waals surface area contributed by atoms with Crippen LogP contribution >= 0.6 is 0 Å². The van der Waals surface area contributed by atoms with E-state index in [0.717, 1.165) is 51.9 Å². The molecule has 2 aliphatic rings. The summed E-state index contributed by atoms with van der Waals surface area (Å²) in [6.07, 6.45) is 3.41. The van der Waals surface area contributed by atoms with Crippen molar-refractivity contribution < 1.29 is 9.90 Å². The molecule has 0 spiro atoms. The molecule has 2 aliphatic heterocycles. The molecule has 0 bridgehead atoms. The van der Waals surface area contributed by atoms with E-state index in [-0.39, 0.29) is 17.9 Å². The van der Waals surface area contributed by atoms with Crippen LogP contribution in [0.25, 0.3) is 0 Å². The zero-order chi connectivity index (χ0) is 17.6. The van der Waals surface area contributed by atoms with E-state index < -0.39 is 0 Å². The molecule has 2 heterocycles. The standard InChI is InChI=1S/C20H31N3O2/c1-15-12-16(6-9-21-15)20(25)22-13-17-4-2-3-5-18(17)14-23-10-7-19(24)8-11-23/h2-5,15-16,19,21,24H,6-14H2,1H3,(H,22,25)/t15-,16-/m0/s1. The van der Waals surface area contributed by atoms with E-state index in [0.29, 0.717) is 12.6 Å². The first kappa shape index (κ1) is 18.4. The highest BCUT2D eigenvalue weighted by atomic mass is 16.3. The molecule has 1 aromatic carbocycles. The maximum atomic E-state index is 12.5. The van der Waals surface area contributed by atoms with Gasteiger partial charge in [0.25, 0.3) is 0 Å². The van der Waals surface area contributed by atoms with Crippen molar-refractivity contribution in [1.82, 2.24) is 15.5 Å². The molecule has 1 amide bonds. The highest BCUT2D eigenvalue weighted by Crippen LogP contribution is 2.18. The first-order chi connectivity index (χ1) is 12.1. The van der Waals surface area contributed by atoms with Crippen molar-refractivity contribution in [2.24, 2.45) is 5.92 Å². The van der Waals surface area contributed by atoms with Crippen molar-refractivity contribution in [3.05, 3.63) is 35.4 Å². The lowest BCUT2D eigenvalue weighted by Gasteiger charge is -2.30. The summed E-state index contributed by atoms with van der Waals surface area (Å²) in [7, 11) is 0. The fourth-order valence-electron chi connectivity index (χ4n) is 3.90. The number of nitrogens with one attached hydrogen (secondary N) is 2. The van der Waals surface area contributed by atoms with Crippen LogP contribution in [0.3, 0.4) is 0 Å². The summed E-state index contributed by atoms with van der Waals surface area (Å²) in [6, 6.07) is 8.79. The van der Waals surface area contributed by atoms with E-state index in [4.69, 9.17) is 0 Å². The van der Waals surface area contributed by atoms with E-state index in [1.807, 2.05) is 6.07 Å². The van der Waals surface area contributed by atoms with Crippen LogP contribution in [0.15, 0.2) is 24.3 Å². The Bertz CT molecular complexity index is 570. The van der Waals surface area contributed by atoms with Crippen molar-refractivity contribution in [2.75, 3.05) is 19.6 Å². The van der Waals surface area contributed by atoms with Crippen molar-refractivity contribution in [3.8, 4) is 0 Å². The van der Waals surface area contributed by atoms with Crippen LogP contribution in [0.5, 0.6) is 0 Å². The number of rotatable bonds is 5. The Morgan fingerprint density at radius 2 is 1.96 bits per heavy atom. The number of hydrogen-bond donors (Lipinski definition) is 3. The Morgan fingerprint density at radius 3 is 2.68 bits per heavy atom. The highest BCUT2D eigenvalue weighted by molar-refractivity contribution is 5.78. The van der Waals surface area contributed by atoms with Crippen LogP contribution in [0.2, 0.25) is 0 Å². The lowest BCUT2D eigenvalue weighted by molar-refractivity contribution is -0.126. The molecule has 138 valence electrons. The molecular formula is C20H31N3O2. The third-order valence-corrected chi connectivity index (χ3v) is 5.52. The van der Waals surface area contributed by atoms with Gasteiger partial charge in [-0.25, -0.2) is 0 Å². The van der Waals surface area contributed by atoms with Crippen LogP contribution < -0.4 is 10.6 Å². The van der Waals surface area contributed by atoms with E-state index in [9.17, 15) is 9.90 Å². The molecule has 2 fully saturated rings. The number of benzene rings is 1. The molecule has 0 aromatic heterocycles. The van der Waals surface area contributed by atoms with Crippen LogP contribution in [0, 0.1) is 5.92 Å². The molecule has 5 nitrogen and oxygen atoms in total. The molecule has 0 unspecified atom stereocenters. The molecule has 0 radical (unpaired) electrons. The highest BCUT2D eigenvalue weighted by Gasteiger charge is 2.24. The lowest BCUT2D eigenvalue weighted by atomic mass is 9.92. The van der Waals surface area contributed by atoms with Gasteiger partial charge in [0.05, 0.1) is 6.10 Å². The molecule has 2 atom stereocenters. The van der Waals surface area contributed by atoms with Gasteiger partial charge in [0.15, 0.2) is 0 Å². The largest absolute Gasteiger partial charge is 0.393 e. The fourth-order valence-corrected chi connectivity index (χ4v) is 3.90. The second-order valence-corrected chi connectivity index (χ2v) is 7.57. The number of likely N-dealkylation sites (tertiary alicyclic amines) is 1. The van der Waals surface area contributed by atoms with Gasteiger partial charge in [-0.15, -0.1) is 0 Å². The van der Waals surface area contributed by atoms with E-state index >= 15 is 0 Å². The monoisotopic (exact) mass is 345 g/mol. The average molecular weight is 345 g/mol. The topological polar surface area (TPSA) is 64.6 Å². The molecule has 0 saturated carbocycles. The third kappa shape index (κ3) is 5.27. The minimum atomic E-state index is -0.141. The van der Waals surface area contributed by atoms with Crippen LogP contribution in [-0.2, 0) is 17.9 Å². The molecule has 3 N–H and O–H groups in total. The summed E-state index contributed by atoms with van der Waals surface area (Å²) in [5, 5.41) is 16.2. The first-order valence-electron chi connectivity index (χ1n) is 9.60. The maximum Gasteiger partial charge on any atom is 0.223 e. The minimum absolute atomic E-state index is 0.131. The van der Waals surface area contributed by atoms with Gasteiger partial charge in [0, 0.05) is 38.1 Å². The molecule has 3 rings (SSSR count). The quantitative estimate of drug-likeness (QED) is 0.759. The zero-order valence-electron chi connectivity index (χ0n) is 15.2. The Labute approximate surface area is 150 Å². The summed E-state index contributed by atoms with van der Waals surface area (Å²) in [5.41, 5.74) is 2.47. The second-order valence-electron chi connectivity index (χ2n) is 7.57. The number of aliphatic hydroxyl groups excluding tert-OH is 1. The number of carbonyl (C=O) groups excluding carboxylic acids is 1. The molecule has 5 heteroatoms. The molecular weight excluding hydrogens is 314 g/mol. The Morgan fingerprint density at radius 1 is 1.24 bits per heavy atom. The Balaban J connectivity index is 1.54. The van der Waals surface area contributed by atoms with Gasteiger partial charge >= 0.3 is 0 Å². The second kappa shape index (κ2) is 8.79. The SMILES string of the molecule is C[C@H]1C[C@@H](C(=O)NCc2ccccc2CN2CCC(O)CC2)CCN1. The number of piperidine rings is 2. The lowest BCUT2D eigenvalue weighted by Crippen LogP contribution is -2.42. The van der Waals surface area contributed by atoms with Gasteiger partial charge in [-0.2, -0.15) is 0 Å². The molecule has 1 aromatic rings. The van der Waals surface area contributed by atoms with Crippen molar-refractivity contribution in [1.29, 1.82) is 0 Å². The van der Waals surface area contributed by atoms with Gasteiger partial charge in [0.2, 0.25) is 5.91 Å². The van der Waals surface area contributed by atoms with Crippen LogP contribution in [0.1, 0.15) is 43.7 Å². The van der Waals surface area contributed by atoms with Gasteiger partial charge in [-0.1, -0.05) is 24.3 Å².